The van der Waals surface area contributed by atoms with E-state index in [-0.39, 0.29) is 44.2 Å². The van der Waals surface area contributed by atoms with Gasteiger partial charge in [-0.1, -0.05) is 44.2 Å². The zero-order chi connectivity index (χ0) is 24.6. The number of methoxy groups -OCH3 is 2. The summed E-state index contributed by atoms with van der Waals surface area (Å²) < 4.78 is 14.8. The minimum Gasteiger partial charge on any atom is -0.447 e. The minimum absolute atomic E-state index is 0.0655. The van der Waals surface area contributed by atoms with Crippen LogP contribution < -0.4 is 5.32 Å². The summed E-state index contributed by atoms with van der Waals surface area (Å²) in [5.41, 5.74) is 0.862. The van der Waals surface area contributed by atoms with Crippen LogP contribution >= 0.6 is 0 Å². The predicted molar refractivity (Wildman–Crippen MR) is 124 cm³/mol. The highest BCUT2D eigenvalue weighted by molar-refractivity contribution is 6.38. The molecule has 0 aliphatic rings. The van der Waals surface area contributed by atoms with Crippen molar-refractivity contribution in [2.45, 2.75) is 52.0 Å². The van der Waals surface area contributed by atoms with Crippen LogP contribution in [-0.4, -0.2) is 63.5 Å². The average Bonchev–Trinajstić information content (AvgIpc) is 2.78. The van der Waals surface area contributed by atoms with Gasteiger partial charge < -0.3 is 19.5 Å². The molecule has 1 aromatic carbocycles. The maximum absolute atomic E-state index is 13.2. The number of carbonyl (C=O) groups is 4. The Balaban J connectivity index is 2.95. The number of carbonyl (C=O) groups excluding carboxylic acids is 4. The second-order valence-corrected chi connectivity index (χ2v) is 8.40. The van der Waals surface area contributed by atoms with E-state index in [1.165, 1.54) is 14.2 Å². The van der Waals surface area contributed by atoms with Crippen LogP contribution in [0.2, 0.25) is 0 Å². The van der Waals surface area contributed by atoms with Crippen molar-refractivity contribution in [3.63, 3.8) is 0 Å². The zero-order valence-electron chi connectivity index (χ0n) is 20.1. The number of amides is 1. The van der Waals surface area contributed by atoms with Crippen molar-refractivity contribution in [1.82, 2.24) is 5.32 Å². The van der Waals surface area contributed by atoms with Crippen LogP contribution in [-0.2, 0) is 35.0 Å². The van der Waals surface area contributed by atoms with Gasteiger partial charge in [0.15, 0.2) is 11.6 Å². The molecule has 1 N–H and O–H groups in total. The lowest BCUT2D eigenvalue weighted by Crippen LogP contribution is -2.43. The third-order valence-corrected chi connectivity index (χ3v) is 5.08. The molecule has 1 aromatic rings. The summed E-state index contributed by atoms with van der Waals surface area (Å²) in [5.74, 6) is -2.04. The van der Waals surface area contributed by atoms with E-state index in [1.807, 2.05) is 44.2 Å². The Morgan fingerprint density at radius 2 is 1.61 bits per heavy atom. The summed E-state index contributed by atoms with van der Waals surface area (Å²) in [6.07, 6.45) is 0.330. The molecule has 8 nitrogen and oxygen atoms in total. The lowest BCUT2D eigenvalue weighted by Gasteiger charge is -2.22. The molecule has 0 aromatic heterocycles. The molecule has 0 aliphatic heterocycles. The summed E-state index contributed by atoms with van der Waals surface area (Å²) in [7, 11) is 3.03. The van der Waals surface area contributed by atoms with E-state index in [0.29, 0.717) is 19.4 Å². The van der Waals surface area contributed by atoms with E-state index in [9.17, 15) is 19.2 Å². The Labute approximate surface area is 196 Å². The van der Waals surface area contributed by atoms with Gasteiger partial charge in [-0.15, -0.1) is 0 Å². The van der Waals surface area contributed by atoms with Gasteiger partial charge >= 0.3 is 6.09 Å². The van der Waals surface area contributed by atoms with Gasteiger partial charge in [-0.05, 0) is 30.7 Å². The van der Waals surface area contributed by atoms with Crippen LogP contribution in [0.4, 0.5) is 4.79 Å². The lowest BCUT2D eigenvalue weighted by molar-refractivity contribution is -0.140. The van der Waals surface area contributed by atoms with Crippen molar-refractivity contribution >= 4 is 23.4 Å². The molecular weight excluding hydrogens is 426 g/mol. The first-order valence-electron chi connectivity index (χ1n) is 11.3. The summed E-state index contributed by atoms with van der Waals surface area (Å²) in [6.45, 7) is 4.56. The molecule has 184 valence electrons. The van der Waals surface area contributed by atoms with Crippen LogP contribution in [0, 0.1) is 11.8 Å². The highest BCUT2D eigenvalue weighted by Gasteiger charge is 2.31. The van der Waals surface area contributed by atoms with Crippen molar-refractivity contribution in [1.29, 1.82) is 0 Å². The van der Waals surface area contributed by atoms with Gasteiger partial charge in [0, 0.05) is 39.6 Å². The highest BCUT2D eigenvalue weighted by atomic mass is 16.6. The number of nitrogens with one attached hydrogen (secondary N) is 1. The molecule has 0 saturated heterocycles. The summed E-state index contributed by atoms with van der Waals surface area (Å²) >= 11 is 0. The molecule has 8 heteroatoms. The quantitative estimate of drug-likeness (QED) is 0.279. The summed E-state index contributed by atoms with van der Waals surface area (Å²) in [5, 5.41) is 2.61. The Morgan fingerprint density at radius 3 is 2.21 bits per heavy atom. The van der Waals surface area contributed by atoms with E-state index in [2.05, 4.69) is 5.32 Å². The van der Waals surface area contributed by atoms with Crippen LogP contribution in [0.5, 0.6) is 0 Å². The van der Waals surface area contributed by atoms with Crippen molar-refractivity contribution < 1.29 is 33.4 Å². The lowest BCUT2D eigenvalue weighted by atomic mass is 9.85. The maximum atomic E-state index is 13.2. The topological polar surface area (TPSA) is 108 Å². The van der Waals surface area contributed by atoms with Crippen molar-refractivity contribution in [3.8, 4) is 0 Å². The van der Waals surface area contributed by atoms with Gasteiger partial charge in [-0.3, -0.25) is 14.4 Å². The van der Waals surface area contributed by atoms with Gasteiger partial charge in [-0.2, -0.15) is 0 Å². The van der Waals surface area contributed by atoms with E-state index in [1.54, 1.807) is 0 Å². The van der Waals surface area contributed by atoms with Crippen LogP contribution in [0.3, 0.4) is 0 Å². The molecule has 0 fully saturated rings. The fourth-order valence-electron chi connectivity index (χ4n) is 3.41. The van der Waals surface area contributed by atoms with E-state index in [0.717, 1.165) is 5.56 Å². The molecule has 0 bridgehead atoms. The number of alkyl carbamates (subject to hydrolysis) is 1. The molecule has 2 atom stereocenters. The zero-order valence-corrected chi connectivity index (χ0v) is 20.1. The monoisotopic (exact) mass is 463 g/mol. The molecule has 33 heavy (non-hydrogen) atoms. The first-order valence-corrected chi connectivity index (χ1v) is 11.3. The van der Waals surface area contributed by atoms with Gasteiger partial charge in [0.2, 0.25) is 5.78 Å². The number of benzene rings is 1. The van der Waals surface area contributed by atoms with E-state index < -0.39 is 29.6 Å². The first-order chi connectivity index (χ1) is 15.8. The molecule has 0 heterocycles. The number of ether oxygens (including phenoxy) is 3. The molecular formula is C25H37NO7. The van der Waals surface area contributed by atoms with Crippen LogP contribution in [0.25, 0.3) is 0 Å². The predicted octanol–water partition coefficient (Wildman–Crippen LogP) is 3.16. The number of Topliss-reactive ketones (excluding diaryl/α,β-unsaturated/α-hetero) is 3. The molecule has 0 aliphatic carbocycles. The Hall–Kier alpha value is -2.58. The fourth-order valence-corrected chi connectivity index (χ4v) is 3.41. The van der Waals surface area contributed by atoms with Gasteiger partial charge in [0.1, 0.15) is 6.61 Å². The average molecular weight is 464 g/mol. The highest BCUT2D eigenvalue weighted by Crippen LogP contribution is 2.19. The number of hydrogen-bond acceptors (Lipinski definition) is 7. The normalized spacial score (nSPS) is 12.8. The second-order valence-electron chi connectivity index (χ2n) is 8.40. The van der Waals surface area contributed by atoms with Gasteiger partial charge in [0.25, 0.3) is 0 Å². The summed E-state index contributed by atoms with van der Waals surface area (Å²) in [6, 6.07) is 8.46. The van der Waals surface area contributed by atoms with Gasteiger partial charge in [-0.25, -0.2) is 4.79 Å². The Bertz CT molecular complexity index is 748. The largest absolute Gasteiger partial charge is 0.447 e. The Kier molecular flexibility index (Phi) is 13.9. The third-order valence-electron chi connectivity index (χ3n) is 5.08. The second kappa shape index (κ2) is 16.1. The third kappa shape index (κ3) is 11.7. The molecule has 0 spiro atoms. The van der Waals surface area contributed by atoms with Crippen LogP contribution in [0.1, 0.15) is 45.1 Å². The molecule has 1 rings (SSSR count). The minimum atomic E-state index is -0.810. The molecule has 0 unspecified atom stereocenters. The SMILES string of the molecule is COCCCC(=O)C(=O)[C@@H](CC(=O)[C@H](CC(C)C)NC(=O)OCCOC)Cc1ccccc1. The van der Waals surface area contributed by atoms with Crippen molar-refractivity contribution in [2.75, 3.05) is 34.0 Å². The molecule has 0 saturated carbocycles. The summed E-state index contributed by atoms with van der Waals surface area (Å²) in [4.78, 5) is 50.7. The van der Waals surface area contributed by atoms with E-state index in [4.69, 9.17) is 14.2 Å². The fraction of sp³-hybridized carbons (Fsp3) is 0.600. The van der Waals surface area contributed by atoms with E-state index >= 15 is 0 Å². The van der Waals surface area contributed by atoms with Crippen molar-refractivity contribution in [2.24, 2.45) is 11.8 Å². The maximum Gasteiger partial charge on any atom is 0.407 e. The first kappa shape index (κ1) is 28.5. The van der Waals surface area contributed by atoms with Crippen LogP contribution in [0.15, 0.2) is 30.3 Å². The number of rotatable bonds is 17. The number of hydrogen-bond donors (Lipinski definition) is 1. The smallest absolute Gasteiger partial charge is 0.407 e. The Morgan fingerprint density at radius 1 is 0.939 bits per heavy atom. The number of ketones is 3. The van der Waals surface area contributed by atoms with Crippen molar-refractivity contribution in [3.05, 3.63) is 35.9 Å². The molecule has 0 radical (unpaired) electrons. The van der Waals surface area contributed by atoms with Gasteiger partial charge in [0.05, 0.1) is 12.6 Å². The molecule has 1 amide bonds. The standard InChI is InChI=1S/C25H37NO7/c1-18(2)15-21(26-25(30)33-14-13-32-4)23(28)17-20(16-19-9-6-5-7-10-19)24(29)22(27)11-8-12-31-3/h5-7,9-10,18,20-21H,8,11-17H2,1-4H3,(H,26,30)/t20-,21+/m1/s1.